The Hall–Kier alpha value is -1.33. The lowest BCUT2D eigenvalue weighted by atomic mass is 9.97. The molecule has 5 nitrogen and oxygen atoms in total. The molecular formula is C14H22N2O3. The van der Waals surface area contributed by atoms with Gasteiger partial charge in [-0.2, -0.15) is 0 Å². The molecule has 0 bridgehead atoms. The van der Waals surface area contributed by atoms with Gasteiger partial charge in [0.25, 0.3) is 0 Å². The lowest BCUT2D eigenvalue weighted by molar-refractivity contribution is 0.0657. The van der Waals surface area contributed by atoms with E-state index >= 15 is 0 Å². The van der Waals surface area contributed by atoms with E-state index in [1.807, 2.05) is 0 Å². The Balaban J connectivity index is 1.77. The van der Waals surface area contributed by atoms with Gasteiger partial charge in [0.1, 0.15) is 5.76 Å². The van der Waals surface area contributed by atoms with Gasteiger partial charge in [-0.05, 0) is 57.1 Å². The number of carboxylic acids is 1. The van der Waals surface area contributed by atoms with Gasteiger partial charge >= 0.3 is 5.97 Å². The first-order valence-electron chi connectivity index (χ1n) is 6.94. The Kier molecular flexibility index (Phi) is 4.99. The summed E-state index contributed by atoms with van der Waals surface area (Å²) in [7, 11) is 0. The fraction of sp³-hybridized carbons (Fsp3) is 0.643. The Morgan fingerprint density at radius 3 is 2.79 bits per heavy atom. The molecule has 0 unspecified atom stereocenters. The van der Waals surface area contributed by atoms with Crippen molar-refractivity contribution in [3.8, 4) is 0 Å². The van der Waals surface area contributed by atoms with Gasteiger partial charge in [-0.3, -0.25) is 4.90 Å². The summed E-state index contributed by atoms with van der Waals surface area (Å²) in [6.07, 6.45) is 2.39. The molecule has 1 aliphatic heterocycles. The lowest BCUT2D eigenvalue weighted by Gasteiger charge is -2.31. The van der Waals surface area contributed by atoms with Gasteiger partial charge in [-0.1, -0.05) is 6.92 Å². The number of carboxylic acid groups (broad SMARTS) is 1. The van der Waals surface area contributed by atoms with Gasteiger partial charge in [-0.25, -0.2) is 4.79 Å². The number of aromatic carboxylic acids is 1. The van der Waals surface area contributed by atoms with Crippen LogP contribution in [-0.4, -0.2) is 42.2 Å². The topological polar surface area (TPSA) is 65.7 Å². The van der Waals surface area contributed by atoms with Crippen LogP contribution in [0.5, 0.6) is 0 Å². The Bertz CT molecular complexity index is 409. The van der Waals surface area contributed by atoms with Crippen molar-refractivity contribution in [1.29, 1.82) is 0 Å². The quantitative estimate of drug-likeness (QED) is 0.822. The average Bonchev–Trinajstić information content (AvgIpc) is 2.87. The second kappa shape index (κ2) is 6.73. The largest absolute Gasteiger partial charge is 0.475 e. The minimum Gasteiger partial charge on any atom is -0.475 e. The fourth-order valence-electron chi connectivity index (χ4n) is 2.50. The summed E-state index contributed by atoms with van der Waals surface area (Å²) in [5.74, 6) is 0.526. The van der Waals surface area contributed by atoms with Gasteiger partial charge in [0.05, 0.1) is 6.54 Å². The molecule has 0 saturated carbocycles. The molecule has 2 N–H and O–H groups in total. The van der Waals surface area contributed by atoms with E-state index in [2.05, 4.69) is 17.1 Å². The first-order chi connectivity index (χ1) is 9.19. The van der Waals surface area contributed by atoms with E-state index in [1.54, 1.807) is 6.07 Å². The molecule has 1 aromatic heterocycles. The Labute approximate surface area is 113 Å². The maximum Gasteiger partial charge on any atom is 0.371 e. The van der Waals surface area contributed by atoms with Crippen molar-refractivity contribution in [3.63, 3.8) is 0 Å². The molecule has 0 atom stereocenters. The van der Waals surface area contributed by atoms with Crippen LogP contribution in [0.15, 0.2) is 16.5 Å². The number of furan rings is 1. The highest BCUT2D eigenvalue weighted by atomic mass is 16.4. The normalized spacial score (nSPS) is 17.7. The van der Waals surface area contributed by atoms with Crippen LogP contribution in [0, 0.1) is 5.92 Å². The predicted octanol–water partition coefficient (Wildman–Crippen LogP) is 1.80. The second-order valence-corrected chi connectivity index (χ2v) is 5.10. The summed E-state index contributed by atoms with van der Waals surface area (Å²) in [5, 5.41) is 12.2. The zero-order valence-electron chi connectivity index (χ0n) is 11.4. The molecule has 19 heavy (non-hydrogen) atoms. The van der Waals surface area contributed by atoms with Crippen LogP contribution in [0.1, 0.15) is 36.1 Å². The first-order valence-corrected chi connectivity index (χ1v) is 6.94. The van der Waals surface area contributed by atoms with Crippen molar-refractivity contribution in [3.05, 3.63) is 23.7 Å². The summed E-state index contributed by atoms with van der Waals surface area (Å²) in [5.41, 5.74) is 0. The molecule has 0 aromatic carbocycles. The molecule has 1 saturated heterocycles. The number of nitrogens with zero attached hydrogens (tertiary/aromatic N) is 1. The number of piperidine rings is 1. The molecule has 2 rings (SSSR count). The number of hydrogen-bond acceptors (Lipinski definition) is 4. The first kappa shape index (κ1) is 14.1. The molecule has 2 heterocycles. The zero-order chi connectivity index (χ0) is 13.7. The molecule has 0 amide bonds. The van der Waals surface area contributed by atoms with Gasteiger partial charge < -0.3 is 14.8 Å². The molecule has 0 aliphatic carbocycles. The van der Waals surface area contributed by atoms with Crippen molar-refractivity contribution in [2.75, 3.05) is 26.2 Å². The Morgan fingerprint density at radius 2 is 2.21 bits per heavy atom. The monoisotopic (exact) mass is 266 g/mol. The fourth-order valence-corrected chi connectivity index (χ4v) is 2.50. The third-order valence-corrected chi connectivity index (χ3v) is 3.64. The molecule has 1 fully saturated rings. The van der Waals surface area contributed by atoms with Crippen molar-refractivity contribution >= 4 is 5.97 Å². The summed E-state index contributed by atoms with van der Waals surface area (Å²) < 4.78 is 5.29. The predicted molar refractivity (Wildman–Crippen MR) is 72.2 cm³/mol. The highest BCUT2D eigenvalue weighted by molar-refractivity contribution is 5.84. The van der Waals surface area contributed by atoms with E-state index in [1.165, 1.54) is 18.9 Å². The van der Waals surface area contributed by atoms with Crippen molar-refractivity contribution in [1.82, 2.24) is 10.2 Å². The van der Waals surface area contributed by atoms with E-state index in [4.69, 9.17) is 9.52 Å². The molecule has 0 spiro atoms. The molecule has 0 radical (unpaired) electrons. The van der Waals surface area contributed by atoms with Gasteiger partial charge in [0, 0.05) is 0 Å². The minimum absolute atomic E-state index is 0.0250. The van der Waals surface area contributed by atoms with Crippen molar-refractivity contribution in [2.45, 2.75) is 26.3 Å². The second-order valence-electron chi connectivity index (χ2n) is 5.10. The van der Waals surface area contributed by atoms with Crippen LogP contribution in [0.25, 0.3) is 0 Å². The third-order valence-electron chi connectivity index (χ3n) is 3.64. The summed E-state index contributed by atoms with van der Waals surface area (Å²) in [4.78, 5) is 13.1. The number of carbonyl (C=O) groups is 1. The van der Waals surface area contributed by atoms with E-state index in [9.17, 15) is 4.79 Å². The molecule has 106 valence electrons. The SMILES string of the molecule is CCNCC1CCN(Cc2ccc(C(=O)O)o2)CC1. The van der Waals surface area contributed by atoms with Crippen LogP contribution in [0.2, 0.25) is 0 Å². The molecular weight excluding hydrogens is 244 g/mol. The smallest absolute Gasteiger partial charge is 0.371 e. The third kappa shape index (κ3) is 4.08. The van der Waals surface area contributed by atoms with Crippen LogP contribution in [0.4, 0.5) is 0 Å². The number of rotatable bonds is 6. The van der Waals surface area contributed by atoms with Crippen LogP contribution in [-0.2, 0) is 6.54 Å². The van der Waals surface area contributed by atoms with Crippen LogP contribution < -0.4 is 5.32 Å². The van der Waals surface area contributed by atoms with E-state index in [0.29, 0.717) is 6.54 Å². The van der Waals surface area contributed by atoms with E-state index in [0.717, 1.165) is 37.9 Å². The highest BCUT2D eigenvalue weighted by Crippen LogP contribution is 2.19. The van der Waals surface area contributed by atoms with E-state index in [-0.39, 0.29) is 5.76 Å². The van der Waals surface area contributed by atoms with Gasteiger partial charge in [0.15, 0.2) is 0 Å². The number of nitrogens with one attached hydrogen (secondary N) is 1. The summed E-state index contributed by atoms with van der Waals surface area (Å²) >= 11 is 0. The number of hydrogen-bond donors (Lipinski definition) is 2. The van der Waals surface area contributed by atoms with E-state index < -0.39 is 5.97 Å². The average molecular weight is 266 g/mol. The van der Waals surface area contributed by atoms with Crippen LogP contribution >= 0.6 is 0 Å². The zero-order valence-corrected chi connectivity index (χ0v) is 11.4. The summed E-state index contributed by atoms with van der Waals surface area (Å²) in [6, 6.07) is 3.28. The van der Waals surface area contributed by atoms with Gasteiger partial charge in [-0.15, -0.1) is 0 Å². The molecule has 1 aromatic rings. The Morgan fingerprint density at radius 1 is 1.47 bits per heavy atom. The summed E-state index contributed by atoms with van der Waals surface area (Å²) in [6.45, 7) is 7.09. The standard InChI is InChI=1S/C14H22N2O3/c1-2-15-9-11-5-7-16(8-6-11)10-12-3-4-13(19-12)14(17)18/h3-4,11,15H,2,5-10H2,1H3,(H,17,18). The van der Waals surface area contributed by atoms with Crippen LogP contribution in [0.3, 0.4) is 0 Å². The minimum atomic E-state index is -1.00. The molecule has 5 heteroatoms. The number of likely N-dealkylation sites (tertiary alicyclic amines) is 1. The molecule has 1 aliphatic rings. The maximum absolute atomic E-state index is 10.7. The van der Waals surface area contributed by atoms with Gasteiger partial charge in [0.2, 0.25) is 5.76 Å². The lowest BCUT2D eigenvalue weighted by Crippen LogP contribution is -2.36. The highest BCUT2D eigenvalue weighted by Gasteiger charge is 2.20. The maximum atomic E-state index is 10.7. The van der Waals surface area contributed by atoms with Crippen molar-refractivity contribution < 1.29 is 14.3 Å². The van der Waals surface area contributed by atoms with Crippen molar-refractivity contribution in [2.24, 2.45) is 5.92 Å².